The van der Waals surface area contributed by atoms with Crippen LogP contribution in [0.1, 0.15) is 10.4 Å². The number of rotatable bonds is 6. The standard InChI is InChI=1S/C14H9F9INO/c15-11(16,12(17,18)13(19,20)14(21,22)23)6-9(24)7-25-10(26)8-4-2-1-3-5-8/h1-6H,7H2,(H,25,26). The van der Waals surface area contributed by atoms with Gasteiger partial charge in [0.2, 0.25) is 0 Å². The van der Waals surface area contributed by atoms with E-state index in [1.54, 1.807) is 6.07 Å². The van der Waals surface area contributed by atoms with Crippen molar-refractivity contribution in [2.24, 2.45) is 0 Å². The molecular formula is C14H9F9INO. The Kier molecular flexibility index (Phi) is 6.64. The average molecular weight is 505 g/mol. The maximum atomic E-state index is 13.4. The third kappa shape index (κ3) is 4.62. The van der Waals surface area contributed by atoms with E-state index in [1.807, 2.05) is 5.32 Å². The fraction of sp³-hybridized carbons (Fsp3) is 0.357. The van der Waals surface area contributed by atoms with Crippen LogP contribution in [0.15, 0.2) is 40.0 Å². The Morgan fingerprint density at radius 1 is 0.923 bits per heavy atom. The van der Waals surface area contributed by atoms with Crippen LogP contribution in [0.5, 0.6) is 0 Å². The van der Waals surface area contributed by atoms with E-state index in [1.165, 1.54) is 24.3 Å². The average Bonchev–Trinajstić information content (AvgIpc) is 2.51. The molecule has 1 amide bonds. The summed E-state index contributed by atoms with van der Waals surface area (Å²) in [7, 11) is 0. The fourth-order valence-electron chi connectivity index (χ4n) is 1.58. The van der Waals surface area contributed by atoms with Gasteiger partial charge in [0.05, 0.1) is 0 Å². The van der Waals surface area contributed by atoms with Crippen LogP contribution in [-0.2, 0) is 0 Å². The molecular weight excluding hydrogens is 496 g/mol. The first-order valence-corrected chi connectivity index (χ1v) is 7.62. The first-order chi connectivity index (χ1) is 11.6. The lowest BCUT2D eigenvalue weighted by Gasteiger charge is -2.32. The van der Waals surface area contributed by atoms with Crippen molar-refractivity contribution in [1.82, 2.24) is 5.32 Å². The topological polar surface area (TPSA) is 29.1 Å². The Hall–Kier alpha value is -1.47. The summed E-state index contributed by atoms with van der Waals surface area (Å²) in [4.78, 5) is 11.7. The molecule has 0 spiro atoms. The van der Waals surface area contributed by atoms with Crippen molar-refractivity contribution in [3.05, 3.63) is 45.6 Å². The minimum atomic E-state index is -6.95. The Bertz CT molecular complexity index is 671. The largest absolute Gasteiger partial charge is 0.460 e. The second-order valence-electron chi connectivity index (χ2n) is 4.91. The van der Waals surface area contributed by atoms with E-state index in [9.17, 15) is 44.3 Å². The molecule has 0 heterocycles. The highest BCUT2D eigenvalue weighted by molar-refractivity contribution is 14.1. The summed E-state index contributed by atoms with van der Waals surface area (Å²) in [6.07, 6.45) is -7.61. The zero-order chi connectivity index (χ0) is 20.4. The highest BCUT2D eigenvalue weighted by Crippen LogP contribution is 2.53. The SMILES string of the molecule is O=C(NCC(I)=CC(F)(F)C(F)(F)C(F)(F)C(F)(F)F)c1ccccc1. The second kappa shape index (κ2) is 7.64. The van der Waals surface area contributed by atoms with E-state index < -0.39 is 46.1 Å². The number of carbonyl (C=O) groups is 1. The highest BCUT2D eigenvalue weighted by atomic mass is 127. The van der Waals surface area contributed by atoms with Crippen molar-refractivity contribution in [2.45, 2.75) is 23.9 Å². The van der Waals surface area contributed by atoms with Gasteiger partial charge in [0.1, 0.15) is 0 Å². The summed E-state index contributed by atoms with van der Waals surface area (Å²) in [5.74, 6) is -20.3. The predicted octanol–water partition coefficient (Wildman–Crippen LogP) is 5.20. The van der Waals surface area contributed by atoms with E-state index in [0.29, 0.717) is 0 Å². The molecule has 1 N–H and O–H groups in total. The van der Waals surface area contributed by atoms with Gasteiger partial charge in [-0.05, 0) is 34.7 Å². The van der Waals surface area contributed by atoms with Crippen LogP contribution in [0.4, 0.5) is 39.5 Å². The van der Waals surface area contributed by atoms with E-state index in [-0.39, 0.29) is 5.56 Å². The molecule has 0 aliphatic carbocycles. The monoisotopic (exact) mass is 505 g/mol. The van der Waals surface area contributed by atoms with E-state index in [4.69, 9.17) is 0 Å². The molecule has 0 aromatic heterocycles. The van der Waals surface area contributed by atoms with Crippen LogP contribution in [0, 0.1) is 0 Å². The lowest BCUT2D eigenvalue weighted by Crippen LogP contribution is -2.60. The Morgan fingerprint density at radius 2 is 1.42 bits per heavy atom. The first kappa shape index (κ1) is 22.6. The third-order valence-corrected chi connectivity index (χ3v) is 3.65. The summed E-state index contributed by atoms with van der Waals surface area (Å²) in [6, 6.07) is 7.22. The molecule has 0 saturated heterocycles. The Labute approximate surface area is 154 Å². The number of allylic oxidation sites excluding steroid dienone is 1. The molecule has 1 aromatic carbocycles. The molecule has 0 radical (unpaired) electrons. The number of carbonyl (C=O) groups excluding carboxylic acids is 1. The number of amides is 1. The number of benzene rings is 1. The summed E-state index contributed by atoms with van der Waals surface area (Å²) in [6.45, 7) is -0.780. The molecule has 26 heavy (non-hydrogen) atoms. The molecule has 1 rings (SSSR count). The Balaban J connectivity index is 2.93. The number of hydrogen-bond donors (Lipinski definition) is 1. The van der Waals surface area contributed by atoms with Gasteiger partial charge in [0, 0.05) is 21.8 Å². The van der Waals surface area contributed by atoms with Crippen LogP contribution < -0.4 is 5.32 Å². The zero-order valence-corrected chi connectivity index (χ0v) is 14.5. The molecule has 0 aliphatic rings. The minimum Gasteiger partial charge on any atom is -0.348 e. The lowest BCUT2D eigenvalue weighted by molar-refractivity contribution is -0.388. The molecule has 146 valence electrons. The smallest absolute Gasteiger partial charge is 0.348 e. The molecule has 0 saturated carbocycles. The molecule has 12 heteroatoms. The van der Waals surface area contributed by atoms with E-state index >= 15 is 0 Å². The van der Waals surface area contributed by atoms with Crippen LogP contribution in [0.25, 0.3) is 0 Å². The molecule has 0 bridgehead atoms. The third-order valence-electron chi connectivity index (χ3n) is 2.96. The molecule has 2 nitrogen and oxygen atoms in total. The van der Waals surface area contributed by atoms with E-state index in [2.05, 4.69) is 0 Å². The minimum absolute atomic E-state index is 0.0948. The summed E-state index contributed by atoms with van der Waals surface area (Å²) < 4.78 is 114. The number of halogens is 10. The highest BCUT2D eigenvalue weighted by Gasteiger charge is 2.81. The maximum absolute atomic E-state index is 13.4. The van der Waals surface area contributed by atoms with Crippen LogP contribution in [-0.4, -0.2) is 36.4 Å². The van der Waals surface area contributed by atoms with Gasteiger partial charge < -0.3 is 5.32 Å². The molecule has 0 unspecified atom stereocenters. The van der Waals surface area contributed by atoms with Gasteiger partial charge in [-0.3, -0.25) is 4.79 Å². The van der Waals surface area contributed by atoms with Crippen molar-refractivity contribution < 1.29 is 44.3 Å². The summed E-state index contributed by atoms with van der Waals surface area (Å²) >= 11 is 1.02. The fourth-order valence-corrected chi connectivity index (χ4v) is 2.16. The van der Waals surface area contributed by atoms with E-state index in [0.717, 1.165) is 22.6 Å². The number of alkyl halides is 9. The van der Waals surface area contributed by atoms with Gasteiger partial charge in [-0.2, -0.15) is 39.5 Å². The molecule has 0 fully saturated rings. The lowest BCUT2D eigenvalue weighted by atomic mass is 10.0. The Morgan fingerprint density at radius 3 is 1.88 bits per heavy atom. The van der Waals surface area contributed by atoms with Crippen molar-refractivity contribution in [3.8, 4) is 0 Å². The van der Waals surface area contributed by atoms with Crippen LogP contribution >= 0.6 is 22.6 Å². The number of hydrogen-bond acceptors (Lipinski definition) is 1. The van der Waals surface area contributed by atoms with Gasteiger partial charge in [-0.1, -0.05) is 18.2 Å². The molecule has 0 aliphatic heterocycles. The van der Waals surface area contributed by atoms with Gasteiger partial charge >= 0.3 is 23.9 Å². The van der Waals surface area contributed by atoms with Crippen LogP contribution in [0.2, 0.25) is 0 Å². The van der Waals surface area contributed by atoms with Gasteiger partial charge in [-0.15, -0.1) is 0 Å². The van der Waals surface area contributed by atoms with Crippen molar-refractivity contribution in [1.29, 1.82) is 0 Å². The van der Waals surface area contributed by atoms with Crippen molar-refractivity contribution >= 4 is 28.5 Å². The second-order valence-corrected chi connectivity index (χ2v) is 6.30. The molecule has 0 atom stereocenters. The first-order valence-electron chi connectivity index (χ1n) is 6.54. The summed E-state index contributed by atoms with van der Waals surface area (Å²) in [5, 5.41) is 2.04. The summed E-state index contributed by atoms with van der Waals surface area (Å²) in [5.41, 5.74) is 0.0948. The quantitative estimate of drug-likeness (QED) is 0.418. The molecule has 1 aromatic rings. The van der Waals surface area contributed by atoms with Gasteiger partial charge in [-0.25, -0.2) is 0 Å². The number of nitrogens with one attached hydrogen (secondary N) is 1. The van der Waals surface area contributed by atoms with Crippen molar-refractivity contribution in [2.75, 3.05) is 6.54 Å². The predicted molar refractivity (Wildman–Crippen MR) is 81.8 cm³/mol. The van der Waals surface area contributed by atoms with Crippen LogP contribution in [0.3, 0.4) is 0 Å². The zero-order valence-electron chi connectivity index (χ0n) is 12.4. The normalized spacial score (nSPS) is 14.3. The van der Waals surface area contributed by atoms with Gasteiger partial charge in [0.15, 0.2) is 0 Å². The van der Waals surface area contributed by atoms with Crippen molar-refractivity contribution in [3.63, 3.8) is 0 Å². The van der Waals surface area contributed by atoms with Gasteiger partial charge in [0.25, 0.3) is 5.91 Å². The maximum Gasteiger partial charge on any atom is 0.460 e.